The predicted molar refractivity (Wildman–Crippen MR) is 42.1 cm³/mol. The van der Waals surface area contributed by atoms with E-state index in [1.807, 2.05) is 20.8 Å². The Morgan fingerprint density at radius 2 is 1.89 bits per heavy atom. The number of amides is 1. The molecular weight excluding hydrogens is 133 g/mol. The Balaban J connectivity index is 4.04. The molecule has 1 amide bonds. The van der Waals surface area contributed by atoms with Crippen molar-refractivity contribution in [3.8, 4) is 0 Å². The number of hydrogen-bond acceptors (Lipinski definition) is 1. The van der Waals surface area contributed by atoms with Crippen LogP contribution in [0.3, 0.4) is 0 Å². The third-order valence-corrected chi connectivity index (χ3v) is 2.57. The van der Waals surface area contributed by atoms with Gasteiger partial charge in [-0.1, -0.05) is 20.8 Å². The summed E-state index contributed by atoms with van der Waals surface area (Å²) in [5.41, 5.74) is 4.90. The summed E-state index contributed by atoms with van der Waals surface area (Å²) in [6.45, 7) is 5.94. The molecule has 0 spiro atoms. The third-order valence-electron chi connectivity index (χ3n) is 1.24. The molecule has 0 aromatic carbocycles. The van der Waals surface area contributed by atoms with Crippen LogP contribution in [0.2, 0.25) is 0 Å². The molecule has 2 atom stereocenters. The average molecular weight is 147 g/mol. The van der Waals surface area contributed by atoms with Crippen LogP contribution >= 0.6 is 9.24 Å². The first-order valence-corrected chi connectivity index (χ1v) is 3.57. The van der Waals surface area contributed by atoms with Gasteiger partial charge in [-0.15, -0.1) is 9.24 Å². The molecule has 2 N–H and O–H groups in total. The Bertz CT molecular complexity index is 117. The lowest BCUT2D eigenvalue weighted by atomic mass is 9.91. The van der Waals surface area contributed by atoms with Crippen molar-refractivity contribution in [2.45, 2.75) is 26.4 Å². The van der Waals surface area contributed by atoms with E-state index in [1.165, 1.54) is 0 Å². The molecule has 0 radical (unpaired) electrons. The van der Waals surface area contributed by atoms with Gasteiger partial charge < -0.3 is 5.73 Å². The standard InChI is InChI=1S/C6H14NOP/c1-6(2,3)4(9)5(7)8/h4H,9H2,1-3H3,(H2,7,8). The molecule has 0 bridgehead atoms. The maximum Gasteiger partial charge on any atom is 0.224 e. The molecule has 2 nitrogen and oxygen atoms in total. The fraction of sp³-hybridized carbons (Fsp3) is 0.833. The normalized spacial score (nSPS) is 15.1. The largest absolute Gasteiger partial charge is 0.369 e. The third kappa shape index (κ3) is 2.81. The van der Waals surface area contributed by atoms with Crippen LogP contribution in [0.25, 0.3) is 0 Å². The van der Waals surface area contributed by atoms with Gasteiger partial charge in [-0.3, -0.25) is 4.79 Å². The average Bonchev–Trinajstić information content (AvgIpc) is 1.62. The van der Waals surface area contributed by atoms with Crippen LogP contribution in [0, 0.1) is 5.41 Å². The van der Waals surface area contributed by atoms with Gasteiger partial charge in [0.1, 0.15) is 0 Å². The van der Waals surface area contributed by atoms with Crippen LogP contribution in [0.5, 0.6) is 0 Å². The molecule has 9 heavy (non-hydrogen) atoms. The van der Waals surface area contributed by atoms with Gasteiger partial charge in [0.25, 0.3) is 0 Å². The lowest BCUT2D eigenvalue weighted by Gasteiger charge is -2.23. The first-order chi connectivity index (χ1) is 3.85. The van der Waals surface area contributed by atoms with Gasteiger partial charge in [-0.05, 0) is 5.41 Å². The van der Waals surface area contributed by atoms with Gasteiger partial charge in [0.15, 0.2) is 0 Å². The summed E-state index contributed by atoms with van der Waals surface area (Å²) in [6, 6.07) is 0. The topological polar surface area (TPSA) is 43.1 Å². The summed E-state index contributed by atoms with van der Waals surface area (Å²) in [6.07, 6.45) is 0. The molecule has 0 aliphatic rings. The van der Waals surface area contributed by atoms with E-state index in [1.54, 1.807) is 0 Å². The molecule has 0 saturated heterocycles. The van der Waals surface area contributed by atoms with Crippen LogP contribution in [-0.4, -0.2) is 11.6 Å². The first-order valence-electron chi connectivity index (χ1n) is 2.90. The van der Waals surface area contributed by atoms with Crippen molar-refractivity contribution in [3.63, 3.8) is 0 Å². The minimum Gasteiger partial charge on any atom is -0.369 e. The van der Waals surface area contributed by atoms with Gasteiger partial charge in [0.05, 0.1) is 5.66 Å². The van der Waals surface area contributed by atoms with E-state index < -0.39 is 0 Å². The van der Waals surface area contributed by atoms with Crippen molar-refractivity contribution in [2.24, 2.45) is 11.1 Å². The summed E-state index contributed by atoms with van der Waals surface area (Å²) in [7, 11) is 2.44. The molecule has 2 unspecified atom stereocenters. The molecule has 0 aliphatic carbocycles. The number of carbonyl (C=O) groups excluding carboxylic acids is 1. The highest BCUT2D eigenvalue weighted by molar-refractivity contribution is 7.19. The highest BCUT2D eigenvalue weighted by Crippen LogP contribution is 2.25. The maximum absolute atomic E-state index is 10.5. The Labute approximate surface area is 58.4 Å². The molecule has 54 valence electrons. The fourth-order valence-corrected chi connectivity index (χ4v) is 0.427. The quantitative estimate of drug-likeness (QED) is 0.547. The van der Waals surface area contributed by atoms with Crippen molar-refractivity contribution in [2.75, 3.05) is 0 Å². The van der Waals surface area contributed by atoms with Crippen LogP contribution in [0.15, 0.2) is 0 Å². The smallest absolute Gasteiger partial charge is 0.224 e. The predicted octanol–water partition coefficient (Wildman–Crippen LogP) is 0.762. The molecule has 0 saturated carbocycles. The molecular formula is C6H14NOP. The molecule has 0 aromatic rings. The van der Waals surface area contributed by atoms with E-state index >= 15 is 0 Å². The minimum atomic E-state index is -0.257. The van der Waals surface area contributed by atoms with E-state index in [0.29, 0.717) is 0 Å². The zero-order chi connectivity index (χ0) is 7.65. The second-order valence-corrected chi connectivity index (χ2v) is 3.91. The summed E-state index contributed by atoms with van der Waals surface area (Å²) >= 11 is 0. The number of hydrogen-bond donors (Lipinski definition) is 1. The van der Waals surface area contributed by atoms with Gasteiger partial charge >= 0.3 is 0 Å². The van der Waals surface area contributed by atoms with Crippen LogP contribution < -0.4 is 5.73 Å². The van der Waals surface area contributed by atoms with Crippen LogP contribution in [0.1, 0.15) is 20.8 Å². The SMILES string of the molecule is CC(C)(C)C(P)C(N)=O. The van der Waals surface area contributed by atoms with Gasteiger partial charge in [-0.2, -0.15) is 0 Å². The first kappa shape index (κ1) is 8.90. The molecule has 0 aromatic heterocycles. The number of rotatable bonds is 1. The van der Waals surface area contributed by atoms with Crippen molar-refractivity contribution in [3.05, 3.63) is 0 Å². The Morgan fingerprint density at radius 1 is 1.56 bits per heavy atom. The minimum absolute atomic E-state index is 0.0312. The van der Waals surface area contributed by atoms with Crippen molar-refractivity contribution in [1.82, 2.24) is 0 Å². The van der Waals surface area contributed by atoms with Gasteiger partial charge in [0, 0.05) is 0 Å². The lowest BCUT2D eigenvalue weighted by molar-refractivity contribution is -0.119. The van der Waals surface area contributed by atoms with E-state index in [4.69, 9.17) is 5.73 Å². The van der Waals surface area contributed by atoms with Crippen LogP contribution in [0.4, 0.5) is 0 Å². The van der Waals surface area contributed by atoms with Crippen LogP contribution in [-0.2, 0) is 4.79 Å². The van der Waals surface area contributed by atoms with E-state index in [0.717, 1.165) is 0 Å². The second kappa shape index (κ2) is 2.66. The van der Waals surface area contributed by atoms with Crippen molar-refractivity contribution < 1.29 is 4.79 Å². The summed E-state index contributed by atoms with van der Waals surface area (Å²) < 4.78 is 0. The van der Waals surface area contributed by atoms with E-state index in [9.17, 15) is 4.79 Å². The zero-order valence-electron chi connectivity index (χ0n) is 6.14. The molecule has 3 heteroatoms. The fourth-order valence-electron chi connectivity index (χ4n) is 0.427. The second-order valence-electron chi connectivity index (χ2n) is 3.25. The lowest BCUT2D eigenvalue weighted by Crippen LogP contribution is -2.34. The maximum atomic E-state index is 10.5. The van der Waals surface area contributed by atoms with E-state index in [-0.39, 0.29) is 17.0 Å². The zero-order valence-corrected chi connectivity index (χ0v) is 7.29. The Morgan fingerprint density at radius 3 is 1.89 bits per heavy atom. The molecule has 0 fully saturated rings. The summed E-state index contributed by atoms with van der Waals surface area (Å²) in [5, 5.41) is 0. The summed E-state index contributed by atoms with van der Waals surface area (Å²) in [4.78, 5) is 10.5. The molecule has 0 aliphatic heterocycles. The molecule has 0 rings (SSSR count). The van der Waals surface area contributed by atoms with Gasteiger partial charge in [-0.25, -0.2) is 0 Å². The Kier molecular flexibility index (Phi) is 2.63. The monoisotopic (exact) mass is 147 g/mol. The number of nitrogens with two attached hydrogens (primary N) is 1. The van der Waals surface area contributed by atoms with Crippen molar-refractivity contribution in [1.29, 1.82) is 0 Å². The number of carbonyl (C=O) groups is 1. The highest BCUT2D eigenvalue weighted by atomic mass is 31.0. The Hall–Kier alpha value is -0.100. The summed E-state index contributed by atoms with van der Waals surface area (Å²) in [5.74, 6) is -0.257. The highest BCUT2D eigenvalue weighted by Gasteiger charge is 2.24. The molecule has 0 heterocycles. The van der Waals surface area contributed by atoms with Gasteiger partial charge in [0.2, 0.25) is 5.91 Å². The number of primary amides is 1. The van der Waals surface area contributed by atoms with E-state index in [2.05, 4.69) is 9.24 Å². The van der Waals surface area contributed by atoms with Crippen molar-refractivity contribution >= 4 is 15.1 Å².